The molecule has 3 aromatic carbocycles. The number of carbonyl (C=O) groups is 2. The van der Waals surface area contributed by atoms with Crippen LogP contribution < -0.4 is 10.1 Å². The van der Waals surface area contributed by atoms with Gasteiger partial charge in [0, 0.05) is 29.1 Å². The molecule has 1 N–H and O–H groups in total. The average molecular weight is 548 g/mol. The summed E-state index contributed by atoms with van der Waals surface area (Å²) in [5, 5.41) is 4.40. The zero-order valence-corrected chi connectivity index (χ0v) is 22.5. The zero-order chi connectivity index (χ0) is 26.1. The number of halogens is 3. The van der Waals surface area contributed by atoms with Crippen LogP contribution in [0.3, 0.4) is 0 Å². The van der Waals surface area contributed by atoms with Crippen LogP contribution in [0.15, 0.2) is 72.8 Å². The van der Waals surface area contributed by atoms with Gasteiger partial charge in [0.05, 0.1) is 5.02 Å². The van der Waals surface area contributed by atoms with Crippen LogP contribution in [0.1, 0.15) is 31.4 Å². The van der Waals surface area contributed by atoms with Crippen molar-refractivity contribution in [2.75, 3.05) is 6.61 Å². The Kier molecular flexibility index (Phi) is 10.5. The minimum absolute atomic E-state index is 0.0348. The molecule has 2 atom stereocenters. The molecule has 0 aliphatic heterocycles. The van der Waals surface area contributed by atoms with E-state index in [2.05, 4.69) is 5.32 Å². The molecule has 3 aromatic rings. The number of carbonyl (C=O) groups excluding carboxylic acids is 2. The summed E-state index contributed by atoms with van der Waals surface area (Å²) in [6, 6.07) is 20.8. The predicted octanol–water partition coefficient (Wildman–Crippen LogP) is 6.58. The summed E-state index contributed by atoms with van der Waals surface area (Å²) in [5.41, 5.74) is 1.78. The molecule has 5 nitrogen and oxygen atoms in total. The summed E-state index contributed by atoms with van der Waals surface area (Å²) in [6.07, 6.45) is 1.12. The maximum Gasteiger partial charge on any atom is 0.261 e. The SMILES string of the molecule is CC[C@H](C)NC(=O)[C@H](Cc1ccccc1)N(Cc1ccc(Cl)cc1)C(=O)COc1ccc(Cl)cc1Cl. The highest BCUT2D eigenvalue weighted by Crippen LogP contribution is 2.27. The first kappa shape index (κ1) is 27.9. The minimum atomic E-state index is -0.756. The number of rotatable bonds is 11. The third-order valence-electron chi connectivity index (χ3n) is 5.78. The Hall–Kier alpha value is -2.73. The van der Waals surface area contributed by atoms with E-state index in [-0.39, 0.29) is 31.0 Å². The molecule has 0 radical (unpaired) electrons. The highest BCUT2D eigenvalue weighted by Gasteiger charge is 2.31. The van der Waals surface area contributed by atoms with Gasteiger partial charge >= 0.3 is 0 Å². The van der Waals surface area contributed by atoms with Gasteiger partial charge in [-0.05, 0) is 54.8 Å². The molecule has 0 fully saturated rings. The van der Waals surface area contributed by atoms with Crippen molar-refractivity contribution < 1.29 is 14.3 Å². The van der Waals surface area contributed by atoms with Crippen molar-refractivity contribution in [2.45, 2.75) is 45.3 Å². The van der Waals surface area contributed by atoms with Gasteiger partial charge in [0.25, 0.3) is 5.91 Å². The van der Waals surface area contributed by atoms with E-state index >= 15 is 0 Å². The lowest BCUT2D eigenvalue weighted by Crippen LogP contribution is -2.53. The molecule has 0 unspecified atom stereocenters. The van der Waals surface area contributed by atoms with E-state index in [1.165, 1.54) is 0 Å². The summed E-state index contributed by atoms with van der Waals surface area (Å²) < 4.78 is 5.74. The number of benzene rings is 3. The van der Waals surface area contributed by atoms with Crippen molar-refractivity contribution in [2.24, 2.45) is 0 Å². The number of nitrogens with zero attached hydrogens (tertiary/aromatic N) is 1. The fraction of sp³-hybridized carbons (Fsp3) is 0.286. The molecule has 0 aliphatic carbocycles. The van der Waals surface area contributed by atoms with Crippen LogP contribution in [0.25, 0.3) is 0 Å². The van der Waals surface area contributed by atoms with E-state index in [0.29, 0.717) is 27.2 Å². The van der Waals surface area contributed by atoms with E-state index in [1.807, 2.05) is 56.3 Å². The lowest BCUT2D eigenvalue weighted by molar-refractivity contribution is -0.143. The maximum absolute atomic E-state index is 13.6. The molecule has 0 aliphatic rings. The number of ether oxygens (including phenoxy) is 1. The summed E-state index contributed by atoms with van der Waals surface area (Å²) in [5.74, 6) is -0.235. The summed E-state index contributed by atoms with van der Waals surface area (Å²) >= 11 is 18.3. The zero-order valence-electron chi connectivity index (χ0n) is 20.2. The molecule has 0 saturated carbocycles. The Morgan fingerprint density at radius 1 is 0.917 bits per heavy atom. The summed E-state index contributed by atoms with van der Waals surface area (Å²) in [4.78, 5) is 28.6. The predicted molar refractivity (Wildman–Crippen MR) is 146 cm³/mol. The van der Waals surface area contributed by atoms with Crippen LogP contribution in [0.5, 0.6) is 5.75 Å². The van der Waals surface area contributed by atoms with Crippen LogP contribution in [0.4, 0.5) is 0 Å². The van der Waals surface area contributed by atoms with Crippen molar-refractivity contribution in [1.82, 2.24) is 10.2 Å². The van der Waals surface area contributed by atoms with Gasteiger partial charge in [-0.15, -0.1) is 0 Å². The Labute approximate surface area is 227 Å². The molecule has 190 valence electrons. The van der Waals surface area contributed by atoms with Gasteiger partial charge in [0.1, 0.15) is 11.8 Å². The first-order valence-electron chi connectivity index (χ1n) is 11.7. The lowest BCUT2D eigenvalue weighted by atomic mass is 10.0. The van der Waals surface area contributed by atoms with Crippen molar-refractivity contribution in [3.63, 3.8) is 0 Å². The third kappa shape index (κ3) is 8.16. The minimum Gasteiger partial charge on any atom is -0.482 e. The Morgan fingerprint density at radius 3 is 2.22 bits per heavy atom. The Morgan fingerprint density at radius 2 is 1.58 bits per heavy atom. The molecule has 8 heteroatoms. The molecule has 0 saturated heterocycles. The molecule has 0 spiro atoms. The van der Waals surface area contributed by atoms with E-state index < -0.39 is 6.04 Å². The number of nitrogens with one attached hydrogen (secondary N) is 1. The van der Waals surface area contributed by atoms with E-state index in [0.717, 1.165) is 17.5 Å². The van der Waals surface area contributed by atoms with E-state index in [1.54, 1.807) is 35.2 Å². The van der Waals surface area contributed by atoms with Crippen molar-refractivity contribution in [3.8, 4) is 5.75 Å². The highest BCUT2D eigenvalue weighted by molar-refractivity contribution is 6.35. The topological polar surface area (TPSA) is 58.6 Å². The fourth-order valence-corrected chi connectivity index (χ4v) is 4.19. The van der Waals surface area contributed by atoms with Gasteiger partial charge < -0.3 is 15.0 Å². The van der Waals surface area contributed by atoms with Gasteiger partial charge in [-0.3, -0.25) is 9.59 Å². The molecular formula is C28H29Cl3N2O3. The van der Waals surface area contributed by atoms with Crippen LogP contribution in [0.2, 0.25) is 15.1 Å². The number of hydrogen-bond acceptors (Lipinski definition) is 3. The van der Waals surface area contributed by atoms with Gasteiger partial charge in [-0.2, -0.15) is 0 Å². The van der Waals surface area contributed by atoms with Crippen LogP contribution in [0, 0.1) is 0 Å². The average Bonchev–Trinajstić information content (AvgIpc) is 2.87. The number of hydrogen-bond donors (Lipinski definition) is 1. The molecule has 0 aromatic heterocycles. The lowest BCUT2D eigenvalue weighted by Gasteiger charge is -2.32. The second-order valence-corrected chi connectivity index (χ2v) is 9.82. The van der Waals surface area contributed by atoms with Gasteiger partial charge in [-0.1, -0.05) is 84.2 Å². The monoisotopic (exact) mass is 546 g/mol. The second kappa shape index (κ2) is 13.5. The van der Waals surface area contributed by atoms with E-state index in [9.17, 15) is 9.59 Å². The van der Waals surface area contributed by atoms with Crippen molar-refractivity contribution >= 4 is 46.6 Å². The van der Waals surface area contributed by atoms with Crippen LogP contribution >= 0.6 is 34.8 Å². The molecule has 36 heavy (non-hydrogen) atoms. The summed E-state index contributed by atoms with van der Waals surface area (Å²) in [6.45, 7) is 3.85. The Bertz CT molecular complexity index is 1160. The number of amides is 2. The molecular weight excluding hydrogens is 519 g/mol. The van der Waals surface area contributed by atoms with Crippen LogP contribution in [-0.2, 0) is 22.6 Å². The largest absolute Gasteiger partial charge is 0.482 e. The van der Waals surface area contributed by atoms with Crippen LogP contribution in [-0.4, -0.2) is 35.4 Å². The molecule has 0 bridgehead atoms. The van der Waals surface area contributed by atoms with Crippen molar-refractivity contribution in [3.05, 3.63) is 99.0 Å². The summed E-state index contributed by atoms with van der Waals surface area (Å²) in [7, 11) is 0. The van der Waals surface area contributed by atoms with Crippen molar-refractivity contribution in [1.29, 1.82) is 0 Å². The first-order valence-corrected chi connectivity index (χ1v) is 12.9. The van der Waals surface area contributed by atoms with Gasteiger partial charge in [0.2, 0.25) is 5.91 Å². The Balaban J connectivity index is 1.91. The van der Waals surface area contributed by atoms with Gasteiger partial charge in [-0.25, -0.2) is 0 Å². The molecule has 3 rings (SSSR count). The van der Waals surface area contributed by atoms with E-state index in [4.69, 9.17) is 39.5 Å². The molecule has 0 heterocycles. The second-order valence-electron chi connectivity index (χ2n) is 8.53. The van der Waals surface area contributed by atoms with Gasteiger partial charge in [0.15, 0.2) is 6.61 Å². The first-order chi connectivity index (χ1) is 17.3. The third-order valence-corrected chi connectivity index (χ3v) is 6.57. The standard InChI is InChI=1S/C28H29Cl3N2O3/c1-3-19(2)32-28(35)25(15-20-7-5-4-6-8-20)33(17-21-9-11-22(29)12-10-21)27(34)18-36-26-14-13-23(30)16-24(26)31/h4-14,16,19,25H,3,15,17-18H2,1-2H3,(H,32,35)/t19-,25-/m0/s1. The highest BCUT2D eigenvalue weighted by atomic mass is 35.5. The molecule has 2 amide bonds. The quantitative estimate of drug-likeness (QED) is 0.295. The maximum atomic E-state index is 13.6. The fourth-order valence-electron chi connectivity index (χ4n) is 3.60. The smallest absolute Gasteiger partial charge is 0.261 e. The normalized spacial score (nSPS) is 12.5.